The molecule has 3 heteroatoms. The fraction of sp³-hybridized carbons (Fsp3) is 0.0909. The highest BCUT2D eigenvalue weighted by Gasteiger charge is 2.09. The molecule has 2 aromatic rings. The fourth-order valence-corrected chi connectivity index (χ4v) is 2.50. The average molecular weight is 201 g/mol. The largest absolute Gasteiger partial charge is 0.298 e. The zero-order chi connectivity index (χ0) is 10.1. The van der Waals surface area contributed by atoms with Crippen LogP contribution in [0.5, 0.6) is 0 Å². The number of hydrogen-bond acceptors (Lipinski definition) is 3. The summed E-state index contributed by atoms with van der Waals surface area (Å²) in [7, 11) is 0. The van der Waals surface area contributed by atoms with Crippen molar-refractivity contribution in [3.63, 3.8) is 0 Å². The number of nitrogens with zero attached hydrogens (tertiary/aromatic N) is 1. The van der Waals surface area contributed by atoms with Crippen LogP contribution in [-0.2, 0) is 0 Å². The lowest BCUT2D eigenvalue weighted by molar-refractivity contribution is 0.112. The molecule has 0 N–H and O–H groups in total. The normalized spacial score (nSPS) is 10.0. The van der Waals surface area contributed by atoms with Gasteiger partial charge in [0.2, 0.25) is 0 Å². The summed E-state index contributed by atoms with van der Waals surface area (Å²) in [5, 5.41) is 11.7. The van der Waals surface area contributed by atoms with E-state index >= 15 is 0 Å². The van der Waals surface area contributed by atoms with Gasteiger partial charge in [-0.05, 0) is 30.0 Å². The molecule has 1 aromatic carbocycles. The molecule has 2 rings (SSSR count). The third-order valence-corrected chi connectivity index (χ3v) is 3.17. The number of rotatable bonds is 1. The van der Waals surface area contributed by atoms with Gasteiger partial charge in [-0.1, -0.05) is 0 Å². The quantitative estimate of drug-likeness (QED) is 0.665. The minimum atomic E-state index is 0.643. The third-order valence-electron chi connectivity index (χ3n) is 2.22. The van der Waals surface area contributed by atoms with Gasteiger partial charge in [-0.2, -0.15) is 5.26 Å². The van der Waals surface area contributed by atoms with Crippen LogP contribution < -0.4 is 0 Å². The molecule has 0 saturated carbocycles. The Hall–Kier alpha value is -1.66. The van der Waals surface area contributed by atoms with Gasteiger partial charge in [-0.3, -0.25) is 4.79 Å². The van der Waals surface area contributed by atoms with E-state index in [1.807, 2.05) is 18.4 Å². The van der Waals surface area contributed by atoms with Crippen molar-refractivity contribution >= 4 is 27.7 Å². The van der Waals surface area contributed by atoms with Crippen molar-refractivity contribution < 1.29 is 4.79 Å². The van der Waals surface area contributed by atoms with Gasteiger partial charge in [0.1, 0.15) is 0 Å². The molecule has 0 aliphatic carbocycles. The first-order valence-corrected chi connectivity index (χ1v) is 5.02. The van der Waals surface area contributed by atoms with Gasteiger partial charge < -0.3 is 0 Å². The van der Waals surface area contributed by atoms with E-state index in [2.05, 4.69) is 6.07 Å². The zero-order valence-corrected chi connectivity index (χ0v) is 8.39. The van der Waals surface area contributed by atoms with Crippen molar-refractivity contribution in [3.8, 4) is 6.07 Å². The van der Waals surface area contributed by atoms with Crippen LogP contribution in [0.2, 0.25) is 0 Å². The van der Waals surface area contributed by atoms with Gasteiger partial charge in [0.25, 0.3) is 0 Å². The maximum Gasteiger partial charge on any atom is 0.151 e. The van der Waals surface area contributed by atoms with Crippen LogP contribution >= 0.6 is 11.3 Å². The Labute approximate surface area is 85.4 Å². The highest BCUT2D eigenvalue weighted by molar-refractivity contribution is 7.17. The number of fused-ring (bicyclic) bond motifs is 1. The minimum absolute atomic E-state index is 0.643. The van der Waals surface area contributed by atoms with Gasteiger partial charge >= 0.3 is 0 Å². The SMILES string of the molecule is Cc1cc(C#N)c2ccsc2c1C=O. The van der Waals surface area contributed by atoms with Crippen molar-refractivity contribution in [1.82, 2.24) is 0 Å². The van der Waals surface area contributed by atoms with Crippen LogP contribution in [0.4, 0.5) is 0 Å². The molecule has 0 unspecified atom stereocenters. The monoisotopic (exact) mass is 201 g/mol. The number of aldehydes is 1. The van der Waals surface area contributed by atoms with Crippen molar-refractivity contribution in [1.29, 1.82) is 5.26 Å². The van der Waals surface area contributed by atoms with Crippen LogP contribution in [0.25, 0.3) is 10.1 Å². The minimum Gasteiger partial charge on any atom is -0.298 e. The number of carbonyl (C=O) groups excluding carboxylic acids is 1. The molecule has 0 amide bonds. The van der Waals surface area contributed by atoms with E-state index in [-0.39, 0.29) is 0 Å². The van der Waals surface area contributed by atoms with Crippen LogP contribution in [-0.4, -0.2) is 6.29 Å². The summed E-state index contributed by atoms with van der Waals surface area (Å²) in [5.74, 6) is 0. The Morgan fingerprint density at radius 1 is 1.57 bits per heavy atom. The number of hydrogen-bond donors (Lipinski definition) is 0. The molecule has 0 spiro atoms. The summed E-state index contributed by atoms with van der Waals surface area (Å²) in [6, 6.07) is 5.78. The number of benzene rings is 1. The van der Waals surface area contributed by atoms with E-state index in [0.717, 1.165) is 21.9 Å². The Morgan fingerprint density at radius 3 is 3.00 bits per heavy atom. The topological polar surface area (TPSA) is 40.9 Å². The van der Waals surface area contributed by atoms with E-state index in [1.165, 1.54) is 11.3 Å². The molecule has 0 aliphatic rings. The first-order chi connectivity index (χ1) is 6.77. The predicted molar refractivity (Wildman–Crippen MR) is 56.7 cm³/mol. The first-order valence-electron chi connectivity index (χ1n) is 4.14. The van der Waals surface area contributed by atoms with Crippen LogP contribution in [0.1, 0.15) is 21.5 Å². The van der Waals surface area contributed by atoms with Gasteiger partial charge in [0.15, 0.2) is 6.29 Å². The smallest absolute Gasteiger partial charge is 0.151 e. The van der Waals surface area contributed by atoms with Crippen LogP contribution in [0, 0.1) is 18.3 Å². The van der Waals surface area contributed by atoms with Gasteiger partial charge in [-0.15, -0.1) is 11.3 Å². The summed E-state index contributed by atoms with van der Waals surface area (Å²) < 4.78 is 0.913. The number of aryl methyl sites for hydroxylation is 1. The number of thiophene rings is 1. The summed E-state index contributed by atoms with van der Waals surface area (Å²) in [5.41, 5.74) is 2.21. The molecular formula is C11H7NOS. The Bertz CT molecular complexity index is 548. The maximum absolute atomic E-state index is 10.9. The first kappa shape index (κ1) is 8.92. The molecule has 14 heavy (non-hydrogen) atoms. The van der Waals surface area contributed by atoms with Crippen molar-refractivity contribution in [3.05, 3.63) is 34.2 Å². The van der Waals surface area contributed by atoms with Crippen LogP contribution in [0.3, 0.4) is 0 Å². The third kappa shape index (κ3) is 1.12. The highest BCUT2D eigenvalue weighted by Crippen LogP contribution is 2.29. The molecule has 0 saturated heterocycles. The Kier molecular flexibility index (Phi) is 2.06. The molecule has 0 aliphatic heterocycles. The standard InChI is InChI=1S/C11H7NOS/c1-7-4-8(5-12)9-2-3-14-11(9)10(7)6-13/h2-4,6H,1H3. The van der Waals surface area contributed by atoms with E-state index < -0.39 is 0 Å². The van der Waals surface area contributed by atoms with E-state index in [1.54, 1.807) is 6.07 Å². The lowest BCUT2D eigenvalue weighted by Gasteiger charge is -2.01. The lowest BCUT2D eigenvalue weighted by atomic mass is 10.0. The van der Waals surface area contributed by atoms with E-state index in [9.17, 15) is 4.79 Å². The number of nitriles is 1. The molecule has 1 aromatic heterocycles. The second-order valence-corrected chi connectivity index (χ2v) is 3.96. The van der Waals surface area contributed by atoms with Crippen LogP contribution in [0.15, 0.2) is 17.5 Å². The molecule has 0 bridgehead atoms. The second kappa shape index (κ2) is 3.24. The molecule has 1 heterocycles. The lowest BCUT2D eigenvalue weighted by Crippen LogP contribution is -1.88. The molecule has 0 radical (unpaired) electrons. The summed E-state index contributed by atoms with van der Waals surface area (Å²) in [6.45, 7) is 1.85. The molecule has 0 fully saturated rings. The van der Waals surface area contributed by atoms with Crippen molar-refractivity contribution in [2.75, 3.05) is 0 Å². The zero-order valence-electron chi connectivity index (χ0n) is 7.57. The fourth-order valence-electron chi connectivity index (χ4n) is 1.52. The van der Waals surface area contributed by atoms with E-state index in [0.29, 0.717) is 11.1 Å². The van der Waals surface area contributed by atoms with Crippen molar-refractivity contribution in [2.45, 2.75) is 6.92 Å². The van der Waals surface area contributed by atoms with Gasteiger partial charge in [0, 0.05) is 15.6 Å². The van der Waals surface area contributed by atoms with Gasteiger partial charge in [-0.25, -0.2) is 0 Å². The highest BCUT2D eigenvalue weighted by atomic mass is 32.1. The summed E-state index contributed by atoms with van der Waals surface area (Å²) in [4.78, 5) is 10.9. The Morgan fingerprint density at radius 2 is 2.36 bits per heavy atom. The summed E-state index contributed by atoms with van der Waals surface area (Å²) in [6.07, 6.45) is 0.856. The maximum atomic E-state index is 10.9. The predicted octanol–water partition coefficient (Wildman–Crippen LogP) is 2.89. The number of carbonyl (C=O) groups is 1. The molecule has 2 nitrogen and oxygen atoms in total. The second-order valence-electron chi connectivity index (χ2n) is 3.05. The molecular weight excluding hydrogens is 194 g/mol. The van der Waals surface area contributed by atoms with Crippen molar-refractivity contribution in [2.24, 2.45) is 0 Å². The van der Waals surface area contributed by atoms with Gasteiger partial charge in [0.05, 0.1) is 11.6 Å². The molecule has 0 atom stereocenters. The average Bonchev–Trinajstić information content (AvgIpc) is 2.65. The Balaban J connectivity index is 2.97. The summed E-state index contributed by atoms with van der Waals surface area (Å²) >= 11 is 1.50. The van der Waals surface area contributed by atoms with E-state index in [4.69, 9.17) is 5.26 Å². The molecule has 68 valence electrons.